The van der Waals surface area contributed by atoms with E-state index < -0.39 is 16.0 Å². The molecule has 7 nitrogen and oxygen atoms in total. The number of amides is 1. The first kappa shape index (κ1) is 21.7. The van der Waals surface area contributed by atoms with Crippen molar-refractivity contribution in [1.29, 1.82) is 0 Å². The number of ether oxygens (including phenoxy) is 1. The number of carbonyl (C=O) groups is 2. The lowest BCUT2D eigenvalue weighted by Crippen LogP contribution is -2.31. The van der Waals surface area contributed by atoms with Gasteiger partial charge in [0, 0.05) is 24.2 Å². The molecule has 0 aliphatic heterocycles. The van der Waals surface area contributed by atoms with Crippen molar-refractivity contribution in [3.63, 3.8) is 0 Å². The van der Waals surface area contributed by atoms with Crippen LogP contribution in [0.15, 0.2) is 65.6 Å². The summed E-state index contributed by atoms with van der Waals surface area (Å²) in [7, 11) is -2.46. The van der Waals surface area contributed by atoms with E-state index in [1.54, 1.807) is 0 Å². The Kier molecular flexibility index (Phi) is 7.02. The average Bonchev–Trinajstić information content (AvgIpc) is 2.76. The maximum absolute atomic E-state index is 12.8. The normalized spacial score (nSPS) is 16.1. The summed E-state index contributed by atoms with van der Waals surface area (Å²) >= 11 is 0. The maximum Gasteiger partial charge on any atom is 0.330 e. The molecule has 0 saturated carbocycles. The number of benzene rings is 2. The van der Waals surface area contributed by atoms with Gasteiger partial charge in [0.15, 0.2) is 0 Å². The average molecular weight is 429 g/mol. The molecular formula is C22H24N2O5S. The SMILES string of the molecule is COC(=O)/C=C/CNC(=O)c1ccc(S(=O)(=O)NC2CCCc3ccccc32)cc1. The molecule has 1 atom stereocenters. The highest BCUT2D eigenvalue weighted by atomic mass is 32.2. The minimum atomic E-state index is -3.72. The van der Waals surface area contributed by atoms with Crippen LogP contribution in [0.25, 0.3) is 0 Å². The van der Waals surface area contributed by atoms with Gasteiger partial charge in [0.05, 0.1) is 12.0 Å². The Labute approximate surface area is 176 Å². The summed E-state index contributed by atoms with van der Waals surface area (Å²) in [5, 5.41) is 2.61. The summed E-state index contributed by atoms with van der Waals surface area (Å²) < 4.78 is 32.9. The number of hydrogen-bond acceptors (Lipinski definition) is 5. The molecule has 0 spiro atoms. The molecule has 0 heterocycles. The van der Waals surface area contributed by atoms with E-state index in [4.69, 9.17) is 0 Å². The number of sulfonamides is 1. The predicted molar refractivity (Wildman–Crippen MR) is 112 cm³/mol. The third-order valence-corrected chi connectivity index (χ3v) is 6.42. The molecule has 1 amide bonds. The second-order valence-corrected chi connectivity index (χ2v) is 8.64. The number of rotatable bonds is 7. The Morgan fingerprint density at radius 2 is 1.87 bits per heavy atom. The molecular weight excluding hydrogens is 404 g/mol. The van der Waals surface area contributed by atoms with E-state index in [0.717, 1.165) is 24.8 Å². The van der Waals surface area contributed by atoms with Gasteiger partial charge in [0.2, 0.25) is 10.0 Å². The van der Waals surface area contributed by atoms with Crippen molar-refractivity contribution in [2.45, 2.75) is 30.2 Å². The van der Waals surface area contributed by atoms with Crippen LogP contribution < -0.4 is 10.0 Å². The third kappa shape index (κ3) is 5.34. The van der Waals surface area contributed by atoms with Crippen molar-refractivity contribution >= 4 is 21.9 Å². The molecule has 1 aliphatic rings. The zero-order valence-electron chi connectivity index (χ0n) is 16.6. The summed E-state index contributed by atoms with van der Waals surface area (Å²) in [6.07, 6.45) is 5.30. The standard InChI is InChI=1S/C22H24N2O5S/c1-29-21(25)10-5-15-23-22(26)17-11-13-18(14-12-17)30(27,28)24-20-9-4-7-16-6-2-3-8-19(16)20/h2-3,5-6,8,10-14,20,24H,4,7,9,15H2,1H3,(H,23,26)/b10-5+. The highest BCUT2D eigenvalue weighted by Crippen LogP contribution is 2.30. The van der Waals surface area contributed by atoms with Gasteiger partial charge in [-0.15, -0.1) is 0 Å². The first-order valence-corrected chi connectivity index (χ1v) is 11.1. The lowest BCUT2D eigenvalue weighted by molar-refractivity contribution is -0.134. The Hall–Kier alpha value is -2.97. The van der Waals surface area contributed by atoms with Gasteiger partial charge in [-0.25, -0.2) is 17.9 Å². The second-order valence-electron chi connectivity index (χ2n) is 6.92. The number of hydrogen-bond donors (Lipinski definition) is 2. The Balaban J connectivity index is 1.65. The second kappa shape index (κ2) is 9.69. The van der Waals surface area contributed by atoms with Gasteiger partial charge >= 0.3 is 5.97 Å². The maximum atomic E-state index is 12.8. The van der Waals surface area contributed by atoms with E-state index in [0.29, 0.717) is 5.56 Å². The zero-order valence-corrected chi connectivity index (χ0v) is 17.4. The van der Waals surface area contributed by atoms with E-state index >= 15 is 0 Å². The third-order valence-electron chi connectivity index (χ3n) is 4.93. The van der Waals surface area contributed by atoms with Crippen molar-refractivity contribution < 1.29 is 22.7 Å². The molecule has 1 aliphatic carbocycles. The van der Waals surface area contributed by atoms with E-state index in [-0.39, 0.29) is 23.4 Å². The fraction of sp³-hybridized carbons (Fsp3) is 0.273. The molecule has 8 heteroatoms. The van der Waals surface area contributed by atoms with Crippen LogP contribution in [0.4, 0.5) is 0 Å². The number of methoxy groups -OCH3 is 1. The monoisotopic (exact) mass is 428 g/mol. The quantitative estimate of drug-likeness (QED) is 0.521. The Morgan fingerprint density at radius 3 is 2.60 bits per heavy atom. The van der Waals surface area contributed by atoms with Gasteiger partial charge in [0.25, 0.3) is 5.91 Å². The van der Waals surface area contributed by atoms with Crippen LogP contribution in [0.3, 0.4) is 0 Å². The molecule has 0 saturated heterocycles. The molecule has 2 aromatic rings. The largest absolute Gasteiger partial charge is 0.466 e. The first-order valence-electron chi connectivity index (χ1n) is 9.63. The Bertz CT molecular complexity index is 1050. The van der Waals surface area contributed by atoms with Crippen LogP contribution >= 0.6 is 0 Å². The lowest BCUT2D eigenvalue weighted by Gasteiger charge is -2.26. The summed E-state index contributed by atoms with van der Waals surface area (Å²) in [4.78, 5) is 23.2. The molecule has 0 aromatic heterocycles. The minimum absolute atomic E-state index is 0.104. The summed E-state index contributed by atoms with van der Waals surface area (Å²) in [5.41, 5.74) is 2.51. The Morgan fingerprint density at radius 1 is 1.13 bits per heavy atom. The summed E-state index contributed by atoms with van der Waals surface area (Å²) in [6, 6.07) is 13.4. The van der Waals surface area contributed by atoms with Crippen LogP contribution in [-0.2, 0) is 26.0 Å². The van der Waals surface area contributed by atoms with Crippen molar-refractivity contribution in [2.24, 2.45) is 0 Å². The van der Waals surface area contributed by atoms with Crippen LogP contribution in [0, 0.1) is 0 Å². The molecule has 30 heavy (non-hydrogen) atoms. The lowest BCUT2D eigenvalue weighted by atomic mass is 9.88. The number of fused-ring (bicyclic) bond motifs is 1. The molecule has 158 valence electrons. The predicted octanol–water partition coefficient (Wildman–Crippen LogP) is 2.50. The van der Waals surface area contributed by atoms with Crippen molar-refractivity contribution in [2.75, 3.05) is 13.7 Å². The highest BCUT2D eigenvalue weighted by molar-refractivity contribution is 7.89. The molecule has 1 unspecified atom stereocenters. The number of aryl methyl sites for hydroxylation is 1. The van der Waals surface area contributed by atoms with Crippen LogP contribution in [0.2, 0.25) is 0 Å². The van der Waals surface area contributed by atoms with E-state index in [1.165, 1.54) is 49.1 Å². The molecule has 0 bridgehead atoms. The van der Waals surface area contributed by atoms with Crippen LogP contribution in [0.1, 0.15) is 40.4 Å². The molecule has 3 rings (SSSR count). The summed E-state index contributed by atoms with van der Waals surface area (Å²) in [6.45, 7) is 0.149. The first-order chi connectivity index (χ1) is 14.4. The van der Waals surface area contributed by atoms with Gasteiger partial charge in [-0.05, 0) is 54.7 Å². The van der Waals surface area contributed by atoms with Crippen molar-refractivity contribution in [3.05, 3.63) is 77.4 Å². The van der Waals surface area contributed by atoms with Gasteiger partial charge in [-0.3, -0.25) is 4.79 Å². The fourth-order valence-electron chi connectivity index (χ4n) is 3.39. The molecule has 0 radical (unpaired) electrons. The number of esters is 1. The van der Waals surface area contributed by atoms with E-state index in [1.807, 2.05) is 24.3 Å². The highest BCUT2D eigenvalue weighted by Gasteiger charge is 2.25. The van der Waals surface area contributed by atoms with Crippen LogP contribution in [-0.4, -0.2) is 33.9 Å². The fourth-order valence-corrected chi connectivity index (χ4v) is 4.64. The topological polar surface area (TPSA) is 102 Å². The van der Waals surface area contributed by atoms with Crippen molar-refractivity contribution in [3.8, 4) is 0 Å². The number of carbonyl (C=O) groups excluding carboxylic acids is 2. The van der Waals surface area contributed by atoms with Gasteiger partial charge in [0.1, 0.15) is 0 Å². The van der Waals surface area contributed by atoms with E-state index in [2.05, 4.69) is 14.8 Å². The van der Waals surface area contributed by atoms with Crippen LogP contribution in [0.5, 0.6) is 0 Å². The van der Waals surface area contributed by atoms with Gasteiger partial charge in [-0.2, -0.15) is 0 Å². The summed E-state index contributed by atoms with van der Waals surface area (Å²) in [5.74, 6) is -0.880. The van der Waals surface area contributed by atoms with Gasteiger partial charge < -0.3 is 10.1 Å². The molecule has 2 N–H and O–H groups in total. The van der Waals surface area contributed by atoms with Crippen molar-refractivity contribution in [1.82, 2.24) is 10.0 Å². The van der Waals surface area contributed by atoms with E-state index in [9.17, 15) is 18.0 Å². The van der Waals surface area contributed by atoms with Gasteiger partial charge in [-0.1, -0.05) is 30.3 Å². The molecule has 2 aromatic carbocycles. The molecule has 0 fully saturated rings. The smallest absolute Gasteiger partial charge is 0.330 e. The minimum Gasteiger partial charge on any atom is -0.466 e. The zero-order chi connectivity index (χ0) is 21.6. The number of nitrogens with one attached hydrogen (secondary N) is 2.